The Morgan fingerprint density at radius 1 is 1.47 bits per heavy atom. The Morgan fingerprint density at radius 2 is 2.16 bits per heavy atom. The lowest BCUT2D eigenvalue weighted by Gasteiger charge is -2.26. The van der Waals surface area contributed by atoms with Gasteiger partial charge in [-0.1, -0.05) is 26.1 Å². The van der Waals surface area contributed by atoms with Gasteiger partial charge in [-0.25, -0.2) is 0 Å². The summed E-state index contributed by atoms with van der Waals surface area (Å²) in [5, 5.41) is 0. The van der Waals surface area contributed by atoms with Gasteiger partial charge in [-0.05, 0) is 42.9 Å². The smallest absolute Gasteiger partial charge is 0.222 e. The Morgan fingerprint density at radius 3 is 2.68 bits per heavy atom. The molecule has 0 bridgehead atoms. The molecular formula is C15H26N2OS. The third-order valence-electron chi connectivity index (χ3n) is 4.83. The van der Waals surface area contributed by atoms with Gasteiger partial charge in [-0.3, -0.25) is 4.79 Å². The normalized spacial score (nSPS) is 26.4. The highest BCUT2D eigenvalue weighted by Gasteiger charge is 2.45. The van der Waals surface area contributed by atoms with Gasteiger partial charge >= 0.3 is 0 Å². The average molecular weight is 282 g/mol. The Hall–Kier alpha value is -0.640. The number of hydrogen-bond acceptors (Lipinski definition) is 2. The second-order valence-corrected chi connectivity index (χ2v) is 7.31. The fourth-order valence-electron chi connectivity index (χ4n) is 3.23. The quantitative estimate of drug-likeness (QED) is 0.789. The minimum Gasteiger partial charge on any atom is -0.393 e. The molecule has 0 aromatic rings. The number of nitrogens with two attached hydrogens (primary N) is 1. The first kappa shape index (κ1) is 14.8. The van der Waals surface area contributed by atoms with Crippen LogP contribution in [0.15, 0.2) is 0 Å². The summed E-state index contributed by atoms with van der Waals surface area (Å²) in [5.74, 6) is 1.70. The summed E-state index contributed by atoms with van der Waals surface area (Å²) >= 11 is 5.03. The molecular weight excluding hydrogens is 256 g/mol. The Kier molecular flexibility index (Phi) is 4.49. The van der Waals surface area contributed by atoms with E-state index < -0.39 is 0 Å². The van der Waals surface area contributed by atoms with Crippen LogP contribution in [0.3, 0.4) is 0 Å². The molecule has 1 unspecified atom stereocenters. The molecule has 0 aromatic carbocycles. The van der Waals surface area contributed by atoms with Crippen LogP contribution < -0.4 is 5.73 Å². The maximum absolute atomic E-state index is 12.2. The van der Waals surface area contributed by atoms with Gasteiger partial charge in [0.15, 0.2) is 0 Å². The van der Waals surface area contributed by atoms with E-state index in [1.807, 2.05) is 0 Å². The lowest BCUT2D eigenvalue weighted by Crippen LogP contribution is -2.37. The molecule has 0 radical (unpaired) electrons. The van der Waals surface area contributed by atoms with Crippen LogP contribution in [0.1, 0.15) is 52.4 Å². The predicted molar refractivity (Wildman–Crippen MR) is 81.8 cm³/mol. The van der Waals surface area contributed by atoms with Crippen LogP contribution in [0.2, 0.25) is 0 Å². The zero-order valence-electron chi connectivity index (χ0n) is 12.2. The maximum Gasteiger partial charge on any atom is 0.222 e. The first-order chi connectivity index (χ1) is 8.92. The van der Waals surface area contributed by atoms with Crippen molar-refractivity contribution in [1.29, 1.82) is 0 Å². The minimum absolute atomic E-state index is 0.221. The lowest BCUT2D eigenvalue weighted by atomic mass is 9.89. The Balaban J connectivity index is 1.93. The first-order valence-electron chi connectivity index (χ1n) is 7.48. The molecule has 1 atom stereocenters. The molecule has 108 valence electrons. The molecule has 3 nitrogen and oxygen atoms in total. The number of hydrogen-bond donors (Lipinski definition) is 1. The van der Waals surface area contributed by atoms with Crippen molar-refractivity contribution in [3.05, 3.63) is 0 Å². The van der Waals surface area contributed by atoms with Gasteiger partial charge in [0.1, 0.15) is 0 Å². The summed E-state index contributed by atoms with van der Waals surface area (Å²) < 4.78 is 0. The zero-order valence-corrected chi connectivity index (χ0v) is 13.0. The highest BCUT2D eigenvalue weighted by atomic mass is 32.1. The number of rotatable bonds is 5. The molecule has 2 aliphatic rings. The summed E-state index contributed by atoms with van der Waals surface area (Å²) in [5.41, 5.74) is 5.90. The molecule has 4 heteroatoms. The van der Waals surface area contributed by atoms with Crippen molar-refractivity contribution in [2.24, 2.45) is 23.0 Å². The van der Waals surface area contributed by atoms with Crippen LogP contribution in [-0.4, -0.2) is 28.9 Å². The molecule has 2 rings (SSSR count). The van der Waals surface area contributed by atoms with Gasteiger partial charge in [0.05, 0.1) is 4.99 Å². The molecule has 1 heterocycles. The number of likely N-dealkylation sites (tertiary alicyclic amines) is 1. The third-order valence-corrected chi connectivity index (χ3v) is 4.97. The fourth-order valence-corrected chi connectivity index (χ4v) is 3.54. The summed E-state index contributed by atoms with van der Waals surface area (Å²) in [7, 11) is 0. The van der Waals surface area contributed by atoms with Crippen LogP contribution >= 0.6 is 12.2 Å². The van der Waals surface area contributed by atoms with E-state index >= 15 is 0 Å². The van der Waals surface area contributed by atoms with E-state index in [2.05, 4.69) is 18.7 Å². The van der Waals surface area contributed by atoms with Crippen molar-refractivity contribution in [1.82, 2.24) is 4.90 Å². The third kappa shape index (κ3) is 3.91. The van der Waals surface area contributed by atoms with Crippen LogP contribution in [-0.2, 0) is 4.79 Å². The monoisotopic (exact) mass is 282 g/mol. The first-order valence-corrected chi connectivity index (χ1v) is 7.89. The SMILES string of the molecule is CC(C)C1CCC(=O)N(CC2(CC(N)=S)CC2)CC1. The summed E-state index contributed by atoms with van der Waals surface area (Å²) in [6.07, 6.45) is 6.05. The van der Waals surface area contributed by atoms with Crippen molar-refractivity contribution < 1.29 is 4.79 Å². The second kappa shape index (κ2) is 5.78. The Labute approximate surface area is 121 Å². The van der Waals surface area contributed by atoms with Crippen molar-refractivity contribution in [2.45, 2.75) is 52.4 Å². The topological polar surface area (TPSA) is 46.3 Å². The maximum atomic E-state index is 12.2. The van der Waals surface area contributed by atoms with E-state index in [4.69, 9.17) is 18.0 Å². The lowest BCUT2D eigenvalue weighted by molar-refractivity contribution is -0.131. The molecule has 19 heavy (non-hydrogen) atoms. The molecule has 1 amide bonds. The van der Waals surface area contributed by atoms with Crippen LogP contribution in [0, 0.1) is 17.3 Å². The van der Waals surface area contributed by atoms with Crippen LogP contribution in [0.5, 0.6) is 0 Å². The van der Waals surface area contributed by atoms with Gasteiger partial charge in [0, 0.05) is 25.9 Å². The second-order valence-electron chi connectivity index (χ2n) is 6.79. The van der Waals surface area contributed by atoms with E-state index in [9.17, 15) is 4.79 Å². The van der Waals surface area contributed by atoms with Gasteiger partial charge in [-0.2, -0.15) is 0 Å². The van der Waals surface area contributed by atoms with Crippen molar-refractivity contribution in [2.75, 3.05) is 13.1 Å². The molecule has 1 saturated heterocycles. The number of carbonyl (C=O) groups is 1. The zero-order chi connectivity index (χ0) is 14.0. The van der Waals surface area contributed by atoms with Gasteiger partial charge in [0.2, 0.25) is 5.91 Å². The van der Waals surface area contributed by atoms with E-state index in [-0.39, 0.29) is 5.41 Å². The van der Waals surface area contributed by atoms with Crippen LogP contribution in [0.4, 0.5) is 0 Å². The number of amides is 1. The summed E-state index contributed by atoms with van der Waals surface area (Å²) in [6, 6.07) is 0. The highest BCUT2D eigenvalue weighted by molar-refractivity contribution is 7.80. The number of thiocarbonyl (C=S) groups is 1. The van der Waals surface area contributed by atoms with Crippen LogP contribution in [0.25, 0.3) is 0 Å². The van der Waals surface area contributed by atoms with Gasteiger partial charge in [0.25, 0.3) is 0 Å². The molecule has 1 aliphatic carbocycles. The van der Waals surface area contributed by atoms with Crippen molar-refractivity contribution >= 4 is 23.1 Å². The van der Waals surface area contributed by atoms with E-state index in [0.29, 0.717) is 29.2 Å². The average Bonchev–Trinajstić information content (AvgIpc) is 3.06. The minimum atomic E-state index is 0.221. The number of carbonyl (C=O) groups excluding carboxylic acids is 1. The van der Waals surface area contributed by atoms with Gasteiger partial charge < -0.3 is 10.6 Å². The molecule has 1 saturated carbocycles. The Bertz CT molecular complexity index is 363. The van der Waals surface area contributed by atoms with Crippen molar-refractivity contribution in [3.8, 4) is 0 Å². The van der Waals surface area contributed by atoms with Crippen molar-refractivity contribution in [3.63, 3.8) is 0 Å². The largest absolute Gasteiger partial charge is 0.393 e. The molecule has 0 spiro atoms. The molecule has 2 N–H and O–H groups in total. The van der Waals surface area contributed by atoms with E-state index in [0.717, 1.165) is 32.4 Å². The molecule has 1 aliphatic heterocycles. The summed E-state index contributed by atoms with van der Waals surface area (Å²) in [6.45, 7) is 6.31. The molecule has 2 fully saturated rings. The summed E-state index contributed by atoms with van der Waals surface area (Å²) in [4.78, 5) is 14.9. The highest BCUT2D eigenvalue weighted by Crippen LogP contribution is 2.49. The van der Waals surface area contributed by atoms with E-state index in [1.54, 1.807) is 0 Å². The standard InChI is InChI=1S/C15H26N2OS/c1-11(2)12-3-4-14(18)17(8-5-12)10-15(6-7-15)9-13(16)19/h11-12H,3-10H2,1-2H3,(H2,16,19). The molecule has 0 aromatic heterocycles. The van der Waals surface area contributed by atoms with E-state index in [1.165, 1.54) is 12.8 Å². The fraction of sp³-hybridized carbons (Fsp3) is 0.867. The number of nitrogens with zero attached hydrogens (tertiary/aromatic N) is 1. The predicted octanol–water partition coefficient (Wildman–Crippen LogP) is 2.73. The van der Waals surface area contributed by atoms with Gasteiger partial charge in [-0.15, -0.1) is 0 Å².